The standard InChI is InChI=1S/C18H37N3/c1-5-9-20-10-7-18(8-11-20)16(4)19-13-17-6-12-21(14-17)15(2)3/h15-19H,5-14H2,1-4H3. The van der Waals surface area contributed by atoms with Gasteiger partial charge in [0.25, 0.3) is 0 Å². The summed E-state index contributed by atoms with van der Waals surface area (Å²) >= 11 is 0. The highest BCUT2D eigenvalue weighted by Crippen LogP contribution is 2.22. The maximum Gasteiger partial charge on any atom is 0.00680 e. The second kappa shape index (κ2) is 8.50. The Morgan fingerprint density at radius 3 is 2.33 bits per heavy atom. The lowest BCUT2D eigenvalue weighted by Gasteiger charge is -2.35. The van der Waals surface area contributed by atoms with E-state index in [1.54, 1.807) is 0 Å². The van der Waals surface area contributed by atoms with Crippen molar-refractivity contribution >= 4 is 0 Å². The molecule has 0 bridgehead atoms. The van der Waals surface area contributed by atoms with Crippen molar-refractivity contribution in [2.24, 2.45) is 11.8 Å². The van der Waals surface area contributed by atoms with Crippen molar-refractivity contribution in [1.82, 2.24) is 15.1 Å². The molecule has 21 heavy (non-hydrogen) atoms. The van der Waals surface area contributed by atoms with E-state index in [9.17, 15) is 0 Å². The smallest absolute Gasteiger partial charge is 0.00680 e. The van der Waals surface area contributed by atoms with Crippen LogP contribution in [0, 0.1) is 11.8 Å². The van der Waals surface area contributed by atoms with Gasteiger partial charge in [-0.1, -0.05) is 6.92 Å². The first kappa shape index (κ1) is 17.2. The van der Waals surface area contributed by atoms with Crippen molar-refractivity contribution < 1.29 is 0 Å². The van der Waals surface area contributed by atoms with E-state index in [-0.39, 0.29) is 0 Å². The van der Waals surface area contributed by atoms with Gasteiger partial charge in [-0.05, 0) is 91.0 Å². The number of hydrogen-bond acceptors (Lipinski definition) is 3. The predicted octanol–water partition coefficient (Wildman–Crippen LogP) is 2.82. The van der Waals surface area contributed by atoms with Gasteiger partial charge < -0.3 is 15.1 Å². The van der Waals surface area contributed by atoms with Crippen LogP contribution in [0.15, 0.2) is 0 Å². The first-order valence-electron chi connectivity index (χ1n) is 9.30. The number of piperidine rings is 1. The zero-order valence-corrected chi connectivity index (χ0v) is 14.8. The van der Waals surface area contributed by atoms with Crippen LogP contribution < -0.4 is 5.32 Å². The van der Waals surface area contributed by atoms with Crippen molar-refractivity contribution in [2.45, 2.75) is 65.5 Å². The molecule has 3 nitrogen and oxygen atoms in total. The third-order valence-electron chi connectivity index (χ3n) is 5.66. The number of nitrogens with zero attached hydrogens (tertiary/aromatic N) is 2. The van der Waals surface area contributed by atoms with Gasteiger partial charge in [-0.15, -0.1) is 0 Å². The summed E-state index contributed by atoms with van der Waals surface area (Å²) in [7, 11) is 0. The molecule has 2 unspecified atom stereocenters. The van der Waals surface area contributed by atoms with Gasteiger partial charge >= 0.3 is 0 Å². The second-order valence-electron chi connectivity index (χ2n) is 7.62. The molecule has 2 heterocycles. The van der Waals surface area contributed by atoms with Gasteiger partial charge in [-0.3, -0.25) is 0 Å². The van der Waals surface area contributed by atoms with E-state index >= 15 is 0 Å². The molecule has 0 aromatic rings. The molecule has 2 rings (SSSR count). The number of rotatable bonds is 7. The van der Waals surface area contributed by atoms with Crippen LogP contribution in [0.2, 0.25) is 0 Å². The number of hydrogen-bond donors (Lipinski definition) is 1. The molecule has 2 aliphatic rings. The Morgan fingerprint density at radius 1 is 1.05 bits per heavy atom. The number of likely N-dealkylation sites (tertiary alicyclic amines) is 2. The minimum atomic E-state index is 0.696. The lowest BCUT2D eigenvalue weighted by atomic mass is 9.90. The quantitative estimate of drug-likeness (QED) is 0.779. The van der Waals surface area contributed by atoms with E-state index in [1.807, 2.05) is 0 Å². The summed E-state index contributed by atoms with van der Waals surface area (Å²) in [5.74, 6) is 1.76. The van der Waals surface area contributed by atoms with Gasteiger partial charge in [0.05, 0.1) is 0 Å². The Balaban J connectivity index is 1.63. The zero-order chi connectivity index (χ0) is 15.2. The molecule has 3 heteroatoms. The second-order valence-corrected chi connectivity index (χ2v) is 7.62. The third kappa shape index (κ3) is 5.22. The molecule has 0 aliphatic carbocycles. The fourth-order valence-electron chi connectivity index (χ4n) is 4.01. The summed E-state index contributed by atoms with van der Waals surface area (Å²) in [6.45, 7) is 17.1. The highest BCUT2D eigenvalue weighted by Gasteiger charge is 2.27. The van der Waals surface area contributed by atoms with Crippen LogP contribution in [0.5, 0.6) is 0 Å². The van der Waals surface area contributed by atoms with Crippen LogP contribution in [0.4, 0.5) is 0 Å². The molecular weight excluding hydrogens is 258 g/mol. The number of nitrogens with one attached hydrogen (secondary N) is 1. The average molecular weight is 296 g/mol. The van der Waals surface area contributed by atoms with E-state index in [4.69, 9.17) is 0 Å². The van der Waals surface area contributed by atoms with Crippen LogP contribution in [-0.2, 0) is 0 Å². The molecule has 0 amide bonds. The molecule has 1 N–H and O–H groups in total. The lowest BCUT2D eigenvalue weighted by Crippen LogP contribution is -2.43. The summed E-state index contributed by atoms with van der Waals surface area (Å²) < 4.78 is 0. The molecule has 2 atom stereocenters. The first-order valence-corrected chi connectivity index (χ1v) is 9.30. The molecule has 124 valence electrons. The molecule has 0 saturated carbocycles. The van der Waals surface area contributed by atoms with Gasteiger partial charge in [0.1, 0.15) is 0 Å². The minimum absolute atomic E-state index is 0.696. The molecule has 0 radical (unpaired) electrons. The molecule has 0 aromatic heterocycles. The van der Waals surface area contributed by atoms with E-state index in [2.05, 4.69) is 42.8 Å². The lowest BCUT2D eigenvalue weighted by molar-refractivity contribution is 0.161. The van der Waals surface area contributed by atoms with Crippen molar-refractivity contribution in [2.75, 3.05) is 39.3 Å². The summed E-state index contributed by atoms with van der Waals surface area (Å²) in [5, 5.41) is 3.86. The summed E-state index contributed by atoms with van der Waals surface area (Å²) in [5.41, 5.74) is 0. The normalized spacial score (nSPS) is 27.6. The maximum atomic E-state index is 3.86. The molecular formula is C18H37N3. The van der Waals surface area contributed by atoms with Crippen molar-refractivity contribution in [1.29, 1.82) is 0 Å². The summed E-state index contributed by atoms with van der Waals surface area (Å²) in [6, 6.07) is 1.41. The summed E-state index contributed by atoms with van der Waals surface area (Å²) in [4.78, 5) is 5.26. The summed E-state index contributed by atoms with van der Waals surface area (Å²) in [6.07, 6.45) is 5.45. The van der Waals surface area contributed by atoms with E-state index in [0.717, 1.165) is 17.9 Å². The highest BCUT2D eigenvalue weighted by molar-refractivity contribution is 4.83. The minimum Gasteiger partial charge on any atom is -0.314 e. The molecule has 2 fully saturated rings. The Hall–Kier alpha value is -0.120. The molecule has 2 aliphatic heterocycles. The van der Waals surface area contributed by atoms with Crippen molar-refractivity contribution in [3.8, 4) is 0 Å². The molecule has 0 spiro atoms. The predicted molar refractivity (Wildman–Crippen MR) is 91.7 cm³/mol. The van der Waals surface area contributed by atoms with Gasteiger partial charge in [0.15, 0.2) is 0 Å². The van der Waals surface area contributed by atoms with Crippen molar-refractivity contribution in [3.63, 3.8) is 0 Å². The Labute approximate surface area is 132 Å². The molecule has 0 aromatic carbocycles. The van der Waals surface area contributed by atoms with Gasteiger partial charge in [-0.25, -0.2) is 0 Å². The molecule has 2 saturated heterocycles. The van der Waals surface area contributed by atoms with Crippen molar-refractivity contribution in [3.05, 3.63) is 0 Å². The topological polar surface area (TPSA) is 18.5 Å². The third-order valence-corrected chi connectivity index (χ3v) is 5.66. The fraction of sp³-hybridized carbons (Fsp3) is 1.00. The van der Waals surface area contributed by atoms with E-state index in [1.165, 1.54) is 65.0 Å². The van der Waals surface area contributed by atoms with E-state index in [0.29, 0.717) is 6.04 Å². The van der Waals surface area contributed by atoms with E-state index < -0.39 is 0 Å². The Kier molecular flexibility index (Phi) is 6.97. The fourth-order valence-corrected chi connectivity index (χ4v) is 4.01. The van der Waals surface area contributed by atoms with Crippen LogP contribution in [0.1, 0.15) is 53.4 Å². The van der Waals surface area contributed by atoms with Gasteiger partial charge in [-0.2, -0.15) is 0 Å². The highest BCUT2D eigenvalue weighted by atomic mass is 15.2. The zero-order valence-electron chi connectivity index (χ0n) is 14.8. The maximum absolute atomic E-state index is 3.86. The van der Waals surface area contributed by atoms with Crippen LogP contribution in [0.25, 0.3) is 0 Å². The largest absolute Gasteiger partial charge is 0.314 e. The Bertz CT molecular complexity index is 284. The SMILES string of the molecule is CCCN1CCC(C(C)NCC2CCN(C(C)C)C2)CC1. The first-order chi connectivity index (χ1) is 10.1. The van der Waals surface area contributed by atoms with Gasteiger partial charge in [0.2, 0.25) is 0 Å². The average Bonchev–Trinajstić information content (AvgIpc) is 2.95. The van der Waals surface area contributed by atoms with Crippen LogP contribution >= 0.6 is 0 Å². The monoisotopic (exact) mass is 295 g/mol. The van der Waals surface area contributed by atoms with Gasteiger partial charge in [0, 0.05) is 18.6 Å². The Morgan fingerprint density at radius 2 is 1.76 bits per heavy atom. The van der Waals surface area contributed by atoms with Crippen LogP contribution in [-0.4, -0.2) is 61.2 Å². The van der Waals surface area contributed by atoms with Crippen LogP contribution in [0.3, 0.4) is 0 Å².